The largest absolute Gasteiger partial charge is 0.386 e. The Kier molecular flexibility index (Phi) is 1.96. The SMILES string of the molecule is CC(C)(O)c1ccccc1F. The molecule has 1 N–H and O–H groups in total. The summed E-state index contributed by atoms with van der Waals surface area (Å²) in [4.78, 5) is 0. The van der Waals surface area contributed by atoms with Crippen molar-refractivity contribution in [1.29, 1.82) is 0 Å². The Morgan fingerprint density at radius 1 is 1.27 bits per heavy atom. The molecule has 1 nitrogen and oxygen atoms in total. The zero-order chi connectivity index (χ0) is 8.48. The van der Waals surface area contributed by atoms with Crippen molar-refractivity contribution in [3.8, 4) is 0 Å². The van der Waals surface area contributed by atoms with Gasteiger partial charge in [0.1, 0.15) is 5.82 Å². The van der Waals surface area contributed by atoms with E-state index in [9.17, 15) is 9.50 Å². The van der Waals surface area contributed by atoms with Crippen LogP contribution in [0.1, 0.15) is 19.4 Å². The Balaban J connectivity index is 3.14. The Morgan fingerprint density at radius 3 is 2.18 bits per heavy atom. The third-order valence-electron chi connectivity index (χ3n) is 1.53. The summed E-state index contributed by atoms with van der Waals surface area (Å²) in [5, 5.41) is 9.43. The van der Waals surface area contributed by atoms with Crippen molar-refractivity contribution in [2.24, 2.45) is 0 Å². The van der Waals surface area contributed by atoms with Gasteiger partial charge in [0.15, 0.2) is 0 Å². The Hall–Kier alpha value is -0.890. The standard InChI is InChI=1S/C9H11FO/c1-9(2,11)7-5-3-4-6-8(7)10/h3-6,11H,1-2H3. The van der Waals surface area contributed by atoms with Crippen LogP contribution >= 0.6 is 0 Å². The molecule has 0 aliphatic heterocycles. The van der Waals surface area contributed by atoms with Crippen molar-refractivity contribution in [3.63, 3.8) is 0 Å². The Morgan fingerprint density at radius 2 is 1.82 bits per heavy atom. The lowest BCUT2D eigenvalue weighted by molar-refractivity contribution is 0.0745. The van der Waals surface area contributed by atoms with Crippen LogP contribution in [0.15, 0.2) is 24.3 Å². The summed E-state index contributed by atoms with van der Waals surface area (Å²) in [6.45, 7) is 3.12. The highest BCUT2D eigenvalue weighted by Crippen LogP contribution is 2.21. The van der Waals surface area contributed by atoms with Gasteiger partial charge in [-0.05, 0) is 19.9 Å². The van der Waals surface area contributed by atoms with Crippen molar-refractivity contribution in [2.75, 3.05) is 0 Å². The van der Waals surface area contributed by atoms with Gasteiger partial charge in [-0.15, -0.1) is 0 Å². The molecule has 0 aliphatic carbocycles. The summed E-state index contributed by atoms with van der Waals surface area (Å²) in [5.74, 6) is -0.361. The summed E-state index contributed by atoms with van der Waals surface area (Å²) in [6.07, 6.45) is 0. The molecule has 60 valence electrons. The fraction of sp³-hybridized carbons (Fsp3) is 0.333. The first-order chi connectivity index (χ1) is 5.02. The number of aliphatic hydroxyl groups is 1. The minimum atomic E-state index is -1.09. The first-order valence-corrected chi connectivity index (χ1v) is 3.49. The van der Waals surface area contributed by atoms with Crippen LogP contribution in [0.2, 0.25) is 0 Å². The average molecular weight is 154 g/mol. The predicted molar refractivity (Wildman–Crippen MR) is 41.6 cm³/mol. The van der Waals surface area contributed by atoms with Gasteiger partial charge in [-0.25, -0.2) is 4.39 Å². The zero-order valence-electron chi connectivity index (χ0n) is 6.63. The molecule has 0 atom stereocenters. The lowest BCUT2D eigenvalue weighted by Gasteiger charge is -2.17. The van der Waals surface area contributed by atoms with E-state index in [1.807, 2.05) is 0 Å². The molecular formula is C9H11FO. The van der Waals surface area contributed by atoms with E-state index in [1.165, 1.54) is 6.07 Å². The van der Waals surface area contributed by atoms with Crippen molar-refractivity contribution in [1.82, 2.24) is 0 Å². The van der Waals surface area contributed by atoms with Gasteiger partial charge < -0.3 is 5.11 Å². The monoisotopic (exact) mass is 154 g/mol. The second-order valence-electron chi connectivity index (χ2n) is 3.04. The van der Waals surface area contributed by atoms with Crippen LogP contribution in [0.5, 0.6) is 0 Å². The van der Waals surface area contributed by atoms with Gasteiger partial charge in [0, 0.05) is 5.56 Å². The highest BCUT2D eigenvalue weighted by atomic mass is 19.1. The highest BCUT2D eigenvalue weighted by molar-refractivity contribution is 5.22. The highest BCUT2D eigenvalue weighted by Gasteiger charge is 2.18. The van der Waals surface area contributed by atoms with Gasteiger partial charge >= 0.3 is 0 Å². The summed E-state index contributed by atoms with van der Waals surface area (Å²) < 4.78 is 12.9. The second kappa shape index (κ2) is 2.62. The summed E-state index contributed by atoms with van der Waals surface area (Å²) in [7, 11) is 0. The molecule has 1 rings (SSSR count). The molecule has 0 amide bonds. The van der Waals surface area contributed by atoms with Gasteiger partial charge in [0.2, 0.25) is 0 Å². The predicted octanol–water partition coefficient (Wildman–Crippen LogP) is 2.05. The maximum absolute atomic E-state index is 12.9. The van der Waals surface area contributed by atoms with E-state index in [4.69, 9.17) is 0 Å². The molecule has 0 unspecified atom stereocenters. The third kappa shape index (κ3) is 1.77. The molecule has 0 heterocycles. The quantitative estimate of drug-likeness (QED) is 0.656. The normalized spacial score (nSPS) is 11.6. The van der Waals surface area contributed by atoms with E-state index in [0.29, 0.717) is 5.56 Å². The third-order valence-corrected chi connectivity index (χ3v) is 1.53. The van der Waals surface area contributed by atoms with Gasteiger partial charge in [-0.1, -0.05) is 18.2 Å². The first kappa shape index (κ1) is 8.21. The van der Waals surface area contributed by atoms with Crippen LogP contribution in [0.4, 0.5) is 4.39 Å². The van der Waals surface area contributed by atoms with Crippen LogP contribution in [0, 0.1) is 5.82 Å². The van der Waals surface area contributed by atoms with Crippen molar-refractivity contribution in [3.05, 3.63) is 35.6 Å². The summed E-state index contributed by atoms with van der Waals surface area (Å²) in [5.41, 5.74) is -0.759. The van der Waals surface area contributed by atoms with E-state index in [1.54, 1.807) is 32.0 Å². The molecule has 1 aromatic rings. The van der Waals surface area contributed by atoms with Crippen LogP contribution in [0.3, 0.4) is 0 Å². The summed E-state index contributed by atoms with van der Waals surface area (Å²) in [6, 6.07) is 6.23. The molecule has 0 aliphatic rings. The van der Waals surface area contributed by atoms with E-state index in [0.717, 1.165) is 0 Å². The van der Waals surface area contributed by atoms with Crippen molar-refractivity contribution < 1.29 is 9.50 Å². The minimum Gasteiger partial charge on any atom is -0.386 e. The fourth-order valence-corrected chi connectivity index (χ4v) is 0.957. The molecule has 11 heavy (non-hydrogen) atoms. The summed E-state index contributed by atoms with van der Waals surface area (Å²) >= 11 is 0. The second-order valence-corrected chi connectivity index (χ2v) is 3.04. The van der Waals surface area contributed by atoms with Gasteiger partial charge in [-0.3, -0.25) is 0 Å². The van der Waals surface area contributed by atoms with Crippen LogP contribution in [-0.2, 0) is 5.60 Å². The van der Waals surface area contributed by atoms with E-state index >= 15 is 0 Å². The zero-order valence-corrected chi connectivity index (χ0v) is 6.63. The molecular weight excluding hydrogens is 143 g/mol. The Labute approximate surface area is 65.5 Å². The maximum Gasteiger partial charge on any atom is 0.129 e. The number of hydrogen-bond acceptors (Lipinski definition) is 1. The molecule has 0 spiro atoms. The van der Waals surface area contributed by atoms with E-state index in [-0.39, 0.29) is 5.82 Å². The fourth-order valence-electron chi connectivity index (χ4n) is 0.957. The Bertz CT molecular complexity index is 250. The maximum atomic E-state index is 12.9. The number of benzene rings is 1. The van der Waals surface area contributed by atoms with Crippen LogP contribution < -0.4 is 0 Å². The van der Waals surface area contributed by atoms with Crippen molar-refractivity contribution >= 4 is 0 Å². The van der Waals surface area contributed by atoms with Gasteiger partial charge in [0.05, 0.1) is 5.60 Å². The van der Waals surface area contributed by atoms with Gasteiger partial charge in [0.25, 0.3) is 0 Å². The number of rotatable bonds is 1. The van der Waals surface area contributed by atoms with Gasteiger partial charge in [-0.2, -0.15) is 0 Å². The number of halogens is 1. The lowest BCUT2D eigenvalue weighted by atomic mass is 9.98. The molecule has 0 fully saturated rings. The molecule has 1 aromatic carbocycles. The van der Waals surface area contributed by atoms with Crippen molar-refractivity contribution in [2.45, 2.75) is 19.4 Å². The molecule has 2 heteroatoms. The van der Waals surface area contributed by atoms with Crippen LogP contribution in [-0.4, -0.2) is 5.11 Å². The minimum absolute atomic E-state index is 0.333. The first-order valence-electron chi connectivity index (χ1n) is 3.49. The lowest BCUT2D eigenvalue weighted by Crippen LogP contribution is -2.17. The topological polar surface area (TPSA) is 20.2 Å². The molecule has 0 saturated heterocycles. The molecule has 0 aromatic heterocycles. The van der Waals surface area contributed by atoms with E-state index in [2.05, 4.69) is 0 Å². The molecule has 0 saturated carbocycles. The molecule has 0 bridgehead atoms. The van der Waals surface area contributed by atoms with E-state index < -0.39 is 5.60 Å². The molecule has 0 radical (unpaired) electrons. The van der Waals surface area contributed by atoms with Crippen LogP contribution in [0.25, 0.3) is 0 Å². The average Bonchev–Trinajstić information content (AvgIpc) is 1.86. The smallest absolute Gasteiger partial charge is 0.129 e. The number of hydrogen-bond donors (Lipinski definition) is 1.